The van der Waals surface area contributed by atoms with Crippen LogP contribution >= 0.6 is 0 Å². The van der Waals surface area contributed by atoms with Crippen molar-refractivity contribution in [1.82, 2.24) is 19.9 Å². The van der Waals surface area contributed by atoms with Gasteiger partial charge in [-0.25, -0.2) is 15.0 Å². The van der Waals surface area contributed by atoms with Crippen molar-refractivity contribution in [2.24, 2.45) is 0 Å². The van der Waals surface area contributed by atoms with E-state index in [9.17, 15) is 0 Å². The molecule has 5 nitrogen and oxygen atoms in total. The van der Waals surface area contributed by atoms with E-state index in [1.807, 2.05) is 85.1 Å². The maximum absolute atomic E-state index is 6.42. The third kappa shape index (κ3) is 4.91. The van der Waals surface area contributed by atoms with Gasteiger partial charge in [0.1, 0.15) is 11.2 Å². The monoisotopic (exact) mass is 602 g/mol. The highest BCUT2D eigenvalue weighted by Crippen LogP contribution is 2.38. The first-order chi connectivity index (χ1) is 23.3. The molecule has 0 aliphatic rings. The van der Waals surface area contributed by atoms with Crippen LogP contribution in [-0.2, 0) is 0 Å². The Morgan fingerprint density at radius 3 is 1.74 bits per heavy atom. The van der Waals surface area contributed by atoms with Gasteiger partial charge >= 0.3 is 0 Å². The molecule has 9 rings (SSSR count). The van der Waals surface area contributed by atoms with E-state index in [0.29, 0.717) is 17.5 Å². The van der Waals surface area contributed by atoms with Gasteiger partial charge in [0, 0.05) is 39.0 Å². The number of rotatable bonds is 5. The molecule has 0 amide bonds. The lowest BCUT2D eigenvalue weighted by atomic mass is 10.0. The minimum atomic E-state index is 0.562. The number of benzene rings is 6. The number of aromatic nitrogens is 4. The summed E-state index contributed by atoms with van der Waals surface area (Å²) >= 11 is 0. The molecule has 47 heavy (non-hydrogen) atoms. The molecule has 0 spiro atoms. The highest BCUT2D eigenvalue weighted by atomic mass is 16.3. The molecule has 0 radical (unpaired) electrons. The highest BCUT2D eigenvalue weighted by molar-refractivity contribution is 6.12. The van der Waals surface area contributed by atoms with Crippen LogP contribution in [0.5, 0.6) is 0 Å². The van der Waals surface area contributed by atoms with Crippen LogP contribution in [0.1, 0.15) is 0 Å². The number of hydrogen-bond acceptors (Lipinski definition) is 5. The maximum Gasteiger partial charge on any atom is 0.165 e. The van der Waals surface area contributed by atoms with E-state index in [0.717, 1.165) is 71.8 Å². The summed E-state index contributed by atoms with van der Waals surface area (Å²) in [6, 6.07) is 51.6. The van der Waals surface area contributed by atoms with Crippen LogP contribution < -0.4 is 0 Å². The Balaban J connectivity index is 1.20. The van der Waals surface area contributed by atoms with Crippen LogP contribution in [-0.4, -0.2) is 19.9 Å². The van der Waals surface area contributed by atoms with Crippen LogP contribution in [0.3, 0.4) is 0 Å². The van der Waals surface area contributed by atoms with Crippen molar-refractivity contribution in [3.63, 3.8) is 0 Å². The van der Waals surface area contributed by atoms with Gasteiger partial charge in [0.2, 0.25) is 0 Å². The second kappa shape index (κ2) is 11.2. The highest BCUT2D eigenvalue weighted by Gasteiger charge is 2.18. The molecule has 0 aliphatic heterocycles. The molecule has 0 fully saturated rings. The minimum absolute atomic E-state index is 0.562. The van der Waals surface area contributed by atoms with Gasteiger partial charge in [-0.3, -0.25) is 4.98 Å². The van der Waals surface area contributed by atoms with Crippen LogP contribution in [0.4, 0.5) is 0 Å². The van der Waals surface area contributed by atoms with Crippen LogP contribution in [0.15, 0.2) is 162 Å². The lowest BCUT2D eigenvalue weighted by molar-refractivity contribution is 0.669. The summed E-state index contributed by atoms with van der Waals surface area (Å²) in [4.78, 5) is 19.9. The van der Waals surface area contributed by atoms with Gasteiger partial charge in [0.15, 0.2) is 17.5 Å². The Morgan fingerprint density at radius 2 is 1.02 bits per heavy atom. The fraction of sp³-hybridized carbons (Fsp3) is 0. The summed E-state index contributed by atoms with van der Waals surface area (Å²) in [5.41, 5.74) is 9.67. The van der Waals surface area contributed by atoms with Crippen molar-refractivity contribution in [3.8, 4) is 56.4 Å². The van der Waals surface area contributed by atoms with Crippen molar-refractivity contribution < 1.29 is 4.42 Å². The van der Waals surface area contributed by atoms with E-state index >= 15 is 0 Å². The maximum atomic E-state index is 6.42. The molecule has 0 unspecified atom stereocenters. The second-order valence-electron chi connectivity index (χ2n) is 11.5. The summed E-state index contributed by atoms with van der Waals surface area (Å²) in [5, 5.41) is 3.01. The molecule has 9 aromatic rings. The molecule has 0 saturated heterocycles. The first-order valence-corrected chi connectivity index (χ1v) is 15.5. The van der Waals surface area contributed by atoms with Gasteiger partial charge in [-0.1, -0.05) is 121 Å². The standard InChI is InChI=1S/C42H26N4O/c1-4-11-27(12-5-1)30-19-20-32-23-33(26-43-36(32)24-30)41-44-40(29-15-8-3-9-16-29)45-42(46-41)35-17-10-18-37-39(35)34-22-21-31(25-38(34)47-37)28-13-6-2-7-14-28/h1-26H. The minimum Gasteiger partial charge on any atom is -0.456 e. The largest absolute Gasteiger partial charge is 0.456 e. The van der Waals surface area contributed by atoms with Crippen LogP contribution in [0.2, 0.25) is 0 Å². The molecule has 0 aliphatic carbocycles. The molecular formula is C42H26N4O. The van der Waals surface area contributed by atoms with Gasteiger partial charge < -0.3 is 4.42 Å². The normalized spacial score (nSPS) is 11.4. The zero-order valence-corrected chi connectivity index (χ0v) is 25.2. The van der Waals surface area contributed by atoms with Gasteiger partial charge in [-0.15, -0.1) is 0 Å². The first kappa shape index (κ1) is 26.9. The van der Waals surface area contributed by atoms with Crippen molar-refractivity contribution in [3.05, 3.63) is 158 Å². The average molecular weight is 603 g/mol. The topological polar surface area (TPSA) is 64.7 Å². The summed E-state index contributed by atoms with van der Waals surface area (Å²) in [6.07, 6.45) is 1.85. The van der Waals surface area contributed by atoms with Gasteiger partial charge in [-0.05, 0) is 52.6 Å². The van der Waals surface area contributed by atoms with Gasteiger partial charge in [0.05, 0.1) is 5.52 Å². The Kier molecular flexibility index (Phi) is 6.39. The van der Waals surface area contributed by atoms with Gasteiger partial charge in [0.25, 0.3) is 0 Å². The van der Waals surface area contributed by atoms with Crippen LogP contribution in [0, 0.1) is 0 Å². The number of hydrogen-bond donors (Lipinski definition) is 0. The summed E-state index contributed by atoms with van der Waals surface area (Å²) < 4.78 is 6.42. The Morgan fingerprint density at radius 1 is 0.404 bits per heavy atom. The van der Waals surface area contributed by atoms with Crippen LogP contribution in [0.25, 0.3) is 89.3 Å². The second-order valence-corrected chi connectivity index (χ2v) is 11.5. The number of nitrogens with zero attached hydrogens (tertiary/aromatic N) is 4. The Hall–Kier alpha value is -6.46. The number of fused-ring (bicyclic) bond motifs is 4. The van der Waals surface area contributed by atoms with E-state index < -0.39 is 0 Å². The molecule has 3 heterocycles. The van der Waals surface area contributed by atoms with E-state index in [1.54, 1.807) is 0 Å². The summed E-state index contributed by atoms with van der Waals surface area (Å²) in [6.45, 7) is 0. The first-order valence-electron chi connectivity index (χ1n) is 15.5. The molecule has 0 atom stereocenters. The molecular weight excluding hydrogens is 576 g/mol. The lowest BCUT2D eigenvalue weighted by Gasteiger charge is -2.10. The summed E-state index contributed by atoms with van der Waals surface area (Å²) in [5.74, 6) is 1.74. The van der Waals surface area contributed by atoms with E-state index in [1.165, 1.54) is 0 Å². The fourth-order valence-corrected chi connectivity index (χ4v) is 6.22. The Labute approximate surface area is 270 Å². The molecule has 0 saturated carbocycles. The van der Waals surface area contributed by atoms with E-state index in [4.69, 9.17) is 24.4 Å². The zero-order valence-electron chi connectivity index (χ0n) is 25.2. The predicted octanol–water partition coefficient (Wildman–Crippen LogP) is 10.7. The Bertz CT molecular complexity index is 2560. The fourth-order valence-electron chi connectivity index (χ4n) is 6.22. The van der Waals surface area contributed by atoms with E-state index in [2.05, 4.69) is 72.8 Å². The zero-order chi connectivity index (χ0) is 31.2. The molecule has 6 aromatic carbocycles. The number of pyridine rings is 1. The van der Waals surface area contributed by atoms with Crippen molar-refractivity contribution in [2.45, 2.75) is 0 Å². The smallest absolute Gasteiger partial charge is 0.165 e. The summed E-state index contributed by atoms with van der Waals surface area (Å²) in [7, 11) is 0. The lowest BCUT2D eigenvalue weighted by Crippen LogP contribution is -2.00. The van der Waals surface area contributed by atoms with E-state index in [-0.39, 0.29) is 0 Å². The average Bonchev–Trinajstić information content (AvgIpc) is 3.53. The molecule has 5 heteroatoms. The third-order valence-corrected chi connectivity index (χ3v) is 8.56. The molecule has 0 N–H and O–H groups in total. The van der Waals surface area contributed by atoms with Crippen molar-refractivity contribution in [1.29, 1.82) is 0 Å². The third-order valence-electron chi connectivity index (χ3n) is 8.56. The SMILES string of the molecule is c1ccc(-c2ccc3cc(-c4nc(-c5ccccc5)nc(-c5cccc6oc7cc(-c8ccccc8)ccc7c56)n4)cnc3c2)cc1. The molecule has 220 valence electrons. The predicted molar refractivity (Wildman–Crippen MR) is 190 cm³/mol. The van der Waals surface area contributed by atoms with Crippen molar-refractivity contribution in [2.75, 3.05) is 0 Å². The molecule has 3 aromatic heterocycles. The molecule has 0 bridgehead atoms. The van der Waals surface area contributed by atoms with Gasteiger partial charge in [-0.2, -0.15) is 0 Å². The van der Waals surface area contributed by atoms with Crippen molar-refractivity contribution >= 4 is 32.8 Å². The number of furan rings is 1. The quantitative estimate of drug-likeness (QED) is 0.196.